The topological polar surface area (TPSA) is 3.24 Å². The second-order valence-electron chi connectivity index (χ2n) is 6.67. The van der Waals surface area contributed by atoms with Gasteiger partial charge in [0, 0.05) is 6.04 Å². The quantitative estimate of drug-likeness (QED) is 0.697. The van der Waals surface area contributed by atoms with Crippen molar-refractivity contribution in [2.75, 3.05) is 14.1 Å². The lowest BCUT2D eigenvalue weighted by molar-refractivity contribution is 0.131. The van der Waals surface area contributed by atoms with Crippen LogP contribution < -0.4 is 0 Å². The average Bonchev–Trinajstić information content (AvgIpc) is 2.38. The van der Waals surface area contributed by atoms with Gasteiger partial charge in [0.2, 0.25) is 0 Å². The Hall–Kier alpha value is -0.0400. The van der Waals surface area contributed by atoms with Crippen molar-refractivity contribution in [1.29, 1.82) is 0 Å². The van der Waals surface area contributed by atoms with E-state index in [1.807, 2.05) is 0 Å². The molecule has 17 heavy (non-hydrogen) atoms. The molecule has 1 heteroatoms. The summed E-state index contributed by atoms with van der Waals surface area (Å²) < 4.78 is 0. The van der Waals surface area contributed by atoms with Crippen LogP contribution in [0.15, 0.2) is 0 Å². The van der Waals surface area contributed by atoms with Crippen LogP contribution in [0.25, 0.3) is 0 Å². The van der Waals surface area contributed by atoms with Crippen molar-refractivity contribution >= 4 is 0 Å². The van der Waals surface area contributed by atoms with Crippen molar-refractivity contribution in [3.63, 3.8) is 0 Å². The molecule has 1 nitrogen and oxygen atoms in total. The largest absolute Gasteiger partial charge is 0.306 e. The Morgan fingerprint density at radius 1 is 0.824 bits per heavy atom. The van der Waals surface area contributed by atoms with Crippen molar-refractivity contribution in [2.45, 2.75) is 76.7 Å². The van der Waals surface area contributed by atoms with Gasteiger partial charge in [-0.15, -0.1) is 0 Å². The zero-order valence-electron chi connectivity index (χ0n) is 12.0. The highest BCUT2D eigenvalue weighted by molar-refractivity contribution is 4.82. The maximum Gasteiger partial charge on any atom is 0.0120 e. The van der Waals surface area contributed by atoms with Gasteiger partial charge in [0.05, 0.1) is 0 Å². The highest BCUT2D eigenvalue weighted by Gasteiger charge is 2.28. The number of nitrogens with zero attached hydrogens (tertiary/aromatic N) is 1. The van der Waals surface area contributed by atoms with Crippen LogP contribution in [-0.4, -0.2) is 25.0 Å². The van der Waals surface area contributed by atoms with E-state index >= 15 is 0 Å². The first-order valence-electron chi connectivity index (χ1n) is 7.94. The molecule has 2 aliphatic carbocycles. The van der Waals surface area contributed by atoms with Gasteiger partial charge in [-0.3, -0.25) is 0 Å². The fourth-order valence-corrected chi connectivity index (χ4v) is 4.11. The summed E-state index contributed by atoms with van der Waals surface area (Å²) in [5, 5.41) is 0. The van der Waals surface area contributed by atoms with Crippen LogP contribution in [0, 0.1) is 11.8 Å². The maximum absolute atomic E-state index is 2.53. The third kappa shape index (κ3) is 3.98. The molecule has 2 fully saturated rings. The molecule has 0 aromatic rings. The molecular weight excluding hydrogens is 206 g/mol. The molecule has 0 aromatic heterocycles. The Kier molecular flexibility index (Phi) is 5.34. The summed E-state index contributed by atoms with van der Waals surface area (Å²) >= 11 is 0. The van der Waals surface area contributed by atoms with Crippen LogP contribution in [0.4, 0.5) is 0 Å². The minimum atomic E-state index is 0.874. The lowest BCUT2D eigenvalue weighted by Gasteiger charge is -2.38. The molecule has 2 rings (SSSR count). The summed E-state index contributed by atoms with van der Waals surface area (Å²) in [6, 6.07) is 0.874. The van der Waals surface area contributed by atoms with Crippen LogP contribution in [0.2, 0.25) is 0 Å². The molecule has 0 aliphatic heterocycles. The summed E-state index contributed by atoms with van der Waals surface area (Å²) in [5.74, 6) is 2.04. The first-order chi connectivity index (χ1) is 8.27. The first-order valence-corrected chi connectivity index (χ1v) is 7.94. The van der Waals surface area contributed by atoms with E-state index in [1.165, 1.54) is 70.6 Å². The summed E-state index contributed by atoms with van der Waals surface area (Å²) in [6.07, 6.45) is 16.4. The Morgan fingerprint density at radius 2 is 1.35 bits per heavy atom. The van der Waals surface area contributed by atoms with Gasteiger partial charge in [-0.2, -0.15) is 0 Å². The van der Waals surface area contributed by atoms with Gasteiger partial charge in [-0.25, -0.2) is 0 Å². The zero-order chi connectivity index (χ0) is 12.1. The highest BCUT2D eigenvalue weighted by atomic mass is 15.1. The van der Waals surface area contributed by atoms with E-state index in [-0.39, 0.29) is 0 Å². The normalized spacial score (nSPS) is 26.3. The SMILES string of the molecule is CN(C)C(CC1CCCCC1)C1CCCCC1. The second-order valence-corrected chi connectivity index (χ2v) is 6.67. The molecule has 1 atom stereocenters. The second kappa shape index (κ2) is 6.78. The standard InChI is InChI=1S/C16H31N/c1-17(2)16(15-11-7-4-8-12-15)13-14-9-5-3-6-10-14/h14-16H,3-13H2,1-2H3. The van der Waals surface area contributed by atoms with Gasteiger partial charge < -0.3 is 4.90 Å². The minimum absolute atomic E-state index is 0.874. The van der Waals surface area contributed by atoms with Crippen molar-refractivity contribution in [3.05, 3.63) is 0 Å². The van der Waals surface area contributed by atoms with Gasteiger partial charge in [-0.05, 0) is 45.2 Å². The monoisotopic (exact) mass is 237 g/mol. The van der Waals surface area contributed by atoms with Crippen LogP contribution in [0.5, 0.6) is 0 Å². The van der Waals surface area contributed by atoms with Gasteiger partial charge in [0.25, 0.3) is 0 Å². The molecule has 0 amide bonds. The molecule has 1 unspecified atom stereocenters. The highest BCUT2D eigenvalue weighted by Crippen LogP contribution is 2.35. The van der Waals surface area contributed by atoms with E-state index in [1.54, 1.807) is 0 Å². The van der Waals surface area contributed by atoms with Gasteiger partial charge in [-0.1, -0.05) is 51.4 Å². The van der Waals surface area contributed by atoms with E-state index in [9.17, 15) is 0 Å². The fourth-order valence-electron chi connectivity index (χ4n) is 4.11. The fraction of sp³-hybridized carbons (Fsp3) is 1.00. The third-order valence-electron chi connectivity index (χ3n) is 5.16. The summed E-state index contributed by atoms with van der Waals surface area (Å²) in [7, 11) is 4.62. The summed E-state index contributed by atoms with van der Waals surface area (Å²) in [5.41, 5.74) is 0. The van der Waals surface area contributed by atoms with E-state index < -0.39 is 0 Å². The van der Waals surface area contributed by atoms with E-state index in [4.69, 9.17) is 0 Å². The predicted octanol–water partition coefficient (Wildman–Crippen LogP) is 4.47. The predicted molar refractivity (Wildman–Crippen MR) is 75.2 cm³/mol. The lowest BCUT2D eigenvalue weighted by Crippen LogP contribution is -2.38. The molecule has 0 spiro atoms. The molecule has 0 bridgehead atoms. The van der Waals surface area contributed by atoms with E-state index in [2.05, 4.69) is 19.0 Å². The van der Waals surface area contributed by atoms with E-state index in [0.29, 0.717) is 0 Å². The Bertz CT molecular complexity index is 200. The van der Waals surface area contributed by atoms with Crippen molar-refractivity contribution in [1.82, 2.24) is 4.90 Å². The molecular formula is C16H31N. The smallest absolute Gasteiger partial charge is 0.0120 e. The van der Waals surface area contributed by atoms with Crippen LogP contribution in [0.3, 0.4) is 0 Å². The summed E-state index contributed by atoms with van der Waals surface area (Å²) in [6.45, 7) is 0. The summed E-state index contributed by atoms with van der Waals surface area (Å²) in [4.78, 5) is 2.53. The van der Waals surface area contributed by atoms with Crippen molar-refractivity contribution in [2.24, 2.45) is 11.8 Å². The molecule has 2 saturated carbocycles. The molecule has 0 N–H and O–H groups in total. The van der Waals surface area contributed by atoms with Crippen LogP contribution in [-0.2, 0) is 0 Å². The van der Waals surface area contributed by atoms with Crippen LogP contribution >= 0.6 is 0 Å². The Balaban J connectivity index is 1.86. The van der Waals surface area contributed by atoms with Gasteiger partial charge >= 0.3 is 0 Å². The third-order valence-corrected chi connectivity index (χ3v) is 5.16. The Labute approximate surface area is 108 Å². The molecule has 100 valence electrons. The van der Waals surface area contributed by atoms with Crippen molar-refractivity contribution in [3.8, 4) is 0 Å². The molecule has 0 radical (unpaired) electrons. The first kappa shape index (κ1) is 13.4. The minimum Gasteiger partial charge on any atom is -0.306 e. The van der Waals surface area contributed by atoms with Gasteiger partial charge in [0.15, 0.2) is 0 Å². The average molecular weight is 237 g/mol. The van der Waals surface area contributed by atoms with Crippen molar-refractivity contribution < 1.29 is 0 Å². The zero-order valence-corrected chi connectivity index (χ0v) is 12.0. The molecule has 0 saturated heterocycles. The molecule has 0 heterocycles. The number of rotatable bonds is 4. The Morgan fingerprint density at radius 3 is 1.88 bits per heavy atom. The van der Waals surface area contributed by atoms with Gasteiger partial charge in [0.1, 0.15) is 0 Å². The number of hydrogen-bond acceptors (Lipinski definition) is 1. The van der Waals surface area contributed by atoms with E-state index in [0.717, 1.165) is 17.9 Å². The lowest BCUT2D eigenvalue weighted by atomic mass is 9.77. The number of hydrogen-bond donors (Lipinski definition) is 0. The molecule has 2 aliphatic rings. The molecule has 0 aromatic carbocycles. The maximum atomic E-state index is 2.53. The van der Waals surface area contributed by atoms with Crippen LogP contribution in [0.1, 0.15) is 70.6 Å².